The smallest absolute Gasteiger partial charge is 0.356 e. The molecule has 2 aliphatic rings. The summed E-state index contributed by atoms with van der Waals surface area (Å²) in [6.45, 7) is 4.33. The molecule has 7 rings (SSSR count). The Morgan fingerprint density at radius 1 is 0.818 bits per heavy atom. The summed E-state index contributed by atoms with van der Waals surface area (Å²) in [7, 11) is 1.43. The second kappa shape index (κ2) is 12.5. The molecule has 0 bridgehead atoms. The molecule has 1 fully saturated rings. The van der Waals surface area contributed by atoms with Crippen LogP contribution in [0.4, 0.5) is 0 Å². The number of aromatic nitrogens is 2. The lowest BCUT2D eigenvalue weighted by molar-refractivity contribution is 0.0588. The maximum atomic E-state index is 12.5. The third kappa shape index (κ3) is 5.78. The molecule has 1 saturated heterocycles. The van der Waals surface area contributed by atoms with E-state index in [1.54, 1.807) is 6.20 Å². The van der Waals surface area contributed by atoms with Crippen molar-refractivity contribution in [3.05, 3.63) is 137 Å². The van der Waals surface area contributed by atoms with E-state index in [1.165, 1.54) is 51.3 Å². The molecule has 6 heteroatoms. The van der Waals surface area contributed by atoms with Crippen molar-refractivity contribution in [1.82, 2.24) is 14.5 Å². The van der Waals surface area contributed by atoms with Crippen LogP contribution in [0.5, 0.6) is 5.75 Å². The molecule has 0 saturated carbocycles. The van der Waals surface area contributed by atoms with Gasteiger partial charge >= 0.3 is 5.97 Å². The number of carbonyl (C=O) groups is 1. The topological polar surface area (TPSA) is 56.6 Å². The van der Waals surface area contributed by atoms with Crippen LogP contribution in [-0.2, 0) is 30.7 Å². The first-order valence-electron chi connectivity index (χ1n) is 15.5. The molecule has 4 aromatic carbocycles. The maximum absolute atomic E-state index is 12.5. The van der Waals surface area contributed by atoms with Gasteiger partial charge in [-0.1, -0.05) is 78.4 Å². The zero-order valence-corrected chi connectivity index (χ0v) is 25.2. The van der Waals surface area contributed by atoms with Crippen molar-refractivity contribution in [2.45, 2.75) is 38.8 Å². The van der Waals surface area contributed by atoms with Gasteiger partial charge in [0.25, 0.3) is 0 Å². The lowest BCUT2D eigenvalue weighted by atomic mass is 9.90. The third-order valence-electron chi connectivity index (χ3n) is 9.04. The van der Waals surface area contributed by atoms with Crippen molar-refractivity contribution in [2.75, 3.05) is 26.7 Å². The third-order valence-corrected chi connectivity index (χ3v) is 9.04. The van der Waals surface area contributed by atoms with Gasteiger partial charge in [-0.2, -0.15) is 0 Å². The number of nitrogens with zero attached hydrogens (tertiary/aromatic N) is 3. The number of hydrogen-bond acceptors (Lipinski definition) is 5. The second-order valence-electron chi connectivity index (χ2n) is 11.7. The molecule has 222 valence electrons. The molecule has 44 heavy (non-hydrogen) atoms. The van der Waals surface area contributed by atoms with E-state index in [1.807, 2.05) is 0 Å². The Bertz CT molecular complexity index is 1830. The predicted octanol–water partition coefficient (Wildman–Crippen LogP) is 7.10. The zero-order chi connectivity index (χ0) is 29.9. The van der Waals surface area contributed by atoms with Crippen LogP contribution in [0.1, 0.15) is 51.4 Å². The van der Waals surface area contributed by atoms with Gasteiger partial charge in [0.05, 0.1) is 13.3 Å². The Hall–Kier alpha value is -4.68. The first-order chi connectivity index (χ1) is 21.7. The van der Waals surface area contributed by atoms with Crippen molar-refractivity contribution in [2.24, 2.45) is 0 Å². The van der Waals surface area contributed by atoms with E-state index < -0.39 is 0 Å². The van der Waals surface area contributed by atoms with Crippen molar-refractivity contribution < 1.29 is 14.3 Å². The van der Waals surface area contributed by atoms with Crippen molar-refractivity contribution >= 4 is 22.3 Å². The minimum absolute atomic E-state index is 0.335. The Labute approximate surface area is 258 Å². The SMILES string of the molecule is COC(=O)c1cnc2n1CCc1ccccc1C2=C1CCN(CCc2ccc(OCc3ccc4ccccc4c3)cc2)CC1. The van der Waals surface area contributed by atoms with Gasteiger partial charge in [-0.25, -0.2) is 9.78 Å². The summed E-state index contributed by atoms with van der Waals surface area (Å²) in [5.41, 5.74) is 8.20. The molecule has 5 aromatic rings. The van der Waals surface area contributed by atoms with Crippen LogP contribution in [0, 0.1) is 0 Å². The van der Waals surface area contributed by atoms with Crippen molar-refractivity contribution in [3.8, 4) is 5.75 Å². The molecule has 0 atom stereocenters. The Balaban J connectivity index is 0.985. The highest BCUT2D eigenvalue weighted by Crippen LogP contribution is 2.36. The number of likely N-dealkylation sites (tertiary alicyclic amines) is 1. The Morgan fingerprint density at radius 3 is 2.39 bits per heavy atom. The molecular formula is C38H37N3O3. The van der Waals surface area contributed by atoms with E-state index in [0.29, 0.717) is 18.8 Å². The summed E-state index contributed by atoms with van der Waals surface area (Å²) in [6.07, 6.45) is 5.52. The predicted molar refractivity (Wildman–Crippen MR) is 174 cm³/mol. The van der Waals surface area contributed by atoms with Crippen molar-refractivity contribution in [3.63, 3.8) is 0 Å². The number of benzene rings is 4. The number of aryl methyl sites for hydroxylation is 1. The molecule has 0 N–H and O–H groups in total. The number of fused-ring (bicyclic) bond motifs is 3. The van der Waals surface area contributed by atoms with Gasteiger partial charge in [0.2, 0.25) is 0 Å². The van der Waals surface area contributed by atoms with Crippen LogP contribution >= 0.6 is 0 Å². The fourth-order valence-electron chi connectivity index (χ4n) is 6.58. The average Bonchev–Trinajstić information content (AvgIpc) is 3.42. The average molecular weight is 584 g/mol. The number of esters is 1. The molecule has 0 unspecified atom stereocenters. The first-order valence-corrected chi connectivity index (χ1v) is 15.5. The standard InChI is InChI=1S/C38H37N3O3/c1-43-38(42)35-25-39-37-36(34-9-5-4-7-30(34)19-23-41(35)37)31-17-21-40(22-18-31)20-16-27-11-14-33(15-12-27)44-26-28-10-13-29-6-2-3-8-32(29)24-28/h2-15,24-25H,16-23,26H2,1H3. The number of hydrogen-bond donors (Lipinski definition) is 0. The Kier molecular flexibility index (Phi) is 7.99. The second-order valence-corrected chi connectivity index (χ2v) is 11.7. The first kappa shape index (κ1) is 28.1. The summed E-state index contributed by atoms with van der Waals surface area (Å²) in [4.78, 5) is 19.8. The maximum Gasteiger partial charge on any atom is 0.356 e. The lowest BCUT2D eigenvalue weighted by Crippen LogP contribution is -2.33. The molecule has 0 amide bonds. The summed E-state index contributed by atoms with van der Waals surface area (Å²) in [5, 5.41) is 2.49. The van der Waals surface area contributed by atoms with E-state index in [-0.39, 0.29) is 5.97 Å². The van der Waals surface area contributed by atoms with E-state index in [0.717, 1.165) is 56.9 Å². The molecular weight excluding hydrogens is 546 g/mol. The van der Waals surface area contributed by atoms with Gasteiger partial charge in [0.1, 0.15) is 23.9 Å². The van der Waals surface area contributed by atoms with Gasteiger partial charge < -0.3 is 18.9 Å². The van der Waals surface area contributed by atoms with E-state index >= 15 is 0 Å². The summed E-state index contributed by atoms with van der Waals surface area (Å²) >= 11 is 0. The number of ether oxygens (including phenoxy) is 2. The van der Waals surface area contributed by atoms with Gasteiger partial charge in [0.15, 0.2) is 0 Å². The minimum atomic E-state index is -0.335. The monoisotopic (exact) mass is 583 g/mol. The van der Waals surface area contributed by atoms with Crippen LogP contribution < -0.4 is 4.74 Å². The van der Waals surface area contributed by atoms with Crippen LogP contribution in [0.2, 0.25) is 0 Å². The van der Waals surface area contributed by atoms with Gasteiger partial charge in [-0.15, -0.1) is 0 Å². The largest absolute Gasteiger partial charge is 0.489 e. The van der Waals surface area contributed by atoms with Crippen LogP contribution in [0.25, 0.3) is 16.3 Å². The number of imidazole rings is 1. The van der Waals surface area contributed by atoms with E-state index in [2.05, 4.69) is 100 Å². The molecule has 1 aromatic heterocycles. The van der Waals surface area contributed by atoms with E-state index in [9.17, 15) is 4.79 Å². The molecule has 2 aliphatic heterocycles. The van der Waals surface area contributed by atoms with E-state index in [4.69, 9.17) is 14.5 Å². The highest BCUT2D eigenvalue weighted by Gasteiger charge is 2.28. The van der Waals surface area contributed by atoms with Crippen molar-refractivity contribution in [1.29, 1.82) is 0 Å². The van der Waals surface area contributed by atoms with Gasteiger partial charge in [0, 0.05) is 31.8 Å². The van der Waals surface area contributed by atoms with Gasteiger partial charge in [-0.3, -0.25) is 0 Å². The summed E-state index contributed by atoms with van der Waals surface area (Å²) in [6, 6.07) is 32.1. The molecule has 3 heterocycles. The zero-order valence-electron chi connectivity index (χ0n) is 25.2. The summed E-state index contributed by atoms with van der Waals surface area (Å²) in [5.74, 6) is 1.45. The fraction of sp³-hybridized carbons (Fsp3) is 0.263. The van der Waals surface area contributed by atoms with Crippen LogP contribution in [0.3, 0.4) is 0 Å². The van der Waals surface area contributed by atoms with Gasteiger partial charge in [-0.05, 0) is 76.9 Å². The molecule has 6 nitrogen and oxygen atoms in total. The number of carbonyl (C=O) groups excluding carboxylic acids is 1. The molecule has 0 spiro atoms. The fourth-order valence-corrected chi connectivity index (χ4v) is 6.58. The highest BCUT2D eigenvalue weighted by molar-refractivity contribution is 5.90. The lowest BCUT2D eigenvalue weighted by Gasteiger charge is -2.30. The minimum Gasteiger partial charge on any atom is -0.489 e. The van der Waals surface area contributed by atoms with Crippen LogP contribution in [0.15, 0.2) is 103 Å². The Morgan fingerprint density at radius 2 is 1.57 bits per heavy atom. The molecule has 0 aliphatic carbocycles. The number of methoxy groups -OCH3 is 1. The normalized spacial score (nSPS) is 15.0. The summed E-state index contributed by atoms with van der Waals surface area (Å²) < 4.78 is 13.2. The molecule has 0 radical (unpaired) electrons. The quantitative estimate of drug-likeness (QED) is 0.191. The number of rotatable bonds is 7. The number of piperidine rings is 1. The van der Waals surface area contributed by atoms with Crippen LogP contribution in [-0.4, -0.2) is 47.2 Å². The highest BCUT2D eigenvalue weighted by atomic mass is 16.5.